The van der Waals surface area contributed by atoms with Gasteiger partial charge in [-0.25, -0.2) is 0 Å². The lowest BCUT2D eigenvalue weighted by molar-refractivity contribution is -0.142. The molecule has 10 N–H and O–H groups in total. The van der Waals surface area contributed by atoms with Gasteiger partial charge in [0.2, 0.25) is 35.9 Å². The third-order valence-electron chi connectivity index (χ3n) is 14.1. The summed E-state index contributed by atoms with van der Waals surface area (Å²) in [6.45, 7) is 5.78. The molecule has 6 unspecified atom stereocenters. The van der Waals surface area contributed by atoms with Crippen LogP contribution in [0.25, 0.3) is 0 Å². The zero-order chi connectivity index (χ0) is 51.5. The monoisotopic (exact) mass is 982 g/mol. The average Bonchev–Trinajstić information content (AvgIpc) is 4.14. The molecule has 3 saturated heterocycles. The van der Waals surface area contributed by atoms with E-state index < -0.39 is 18.0 Å². The fourth-order valence-electron chi connectivity index (χ4n) is 9.89. The number of fused-ring (bicyclic) bond motifs is 2. The highest BCUT2D eigenvalue weighted by molar-refractivity contribution is 6.33. The Morgan fingerprint density at radius 3 is 2.01 bits per heavy atom. The average molecular weight is 982 g/mol. The minimum absolute atomic E-state index is 0.145. The van der Waals surface area contributed by atoms with E-state index in [1.54, 1.807) is 43.3 Å². The van der Waals surface area contributed by atoms with Crippen LogP contribution in [-0.2, 0) is 41.6 Å². The van der Waals surface area contributed by atoms with Gasteiger partial charge in [-0.05, 0) is 120 Å². The number of nitrogens with two attached hydrogens (primary N) is 3. The van der Waals surface area contributed by atoms with E-state index in [0.29, 0.717) is 37.0 Å². The number of rotatable bonds is 14. The van der Waals surface area contributed by atoms with Crippen molar-refractivity contribution >= 4 is 47.9 Å². The second-order valence-corrected chi connectivity index (χ2v) is 19.4. The van der Waals surface area contributed by atoms with Crippen LogP contribution in [0.5, 0.6) is 0 Å². The van der Waals surface area contributed by atoms with E-state index in [9.17, 15) is 28.8 Å². The van der Waals surface area contributed by atoms with Gasteiger partial charge in [-0.1, -0.05) is 106 Å². The molecule has 17 heteroatoms. The Balaban J connectivity index is 0.000000204. The summed E-state index contributed by atoms with van der Waals surface area (Å²) in [5, 5.41) is 14.8. The summed E-state index contributed by atoms with van der Waals surface area (Å²) in [5.74, 6) is 5.73. The van der Waals surface area contributed by atoms with Crippen LogP contribution in [0.1, 0.15) is 133 Å². The second kappa shape index (κ2) is 31.4. The van der Waals surface area contributed by atoms with Crippen molar-refractivity contribution in [3.05, 3.63) is 83.4 Å². The molecule has 4 fully saturated rings. The summed E-state index contributed by atoms with van der Waals surface area (Å²) in [7, 11) is 3.38. The van der Waals surface area contributed by atoms with Crippen LogP contribution >= 0.6 is 0 Å². The Bertz CT molecular complexity index is 2050. The van der Waals surface area contributed by atoms with E-state index in [4.69, 9.17) is 17.3 Å². The topological polar surface area (TPSA) is 260 Å². The Hall–Kier alpha value is -5.94. The number of hydrogen-bond donors (Lipinski definition) is 7. The molecule has 2 aromatic carbocycles. The molecule has 71 heavy (non-hydrogen) atoms. The van der Waals surface area contributed by atoms with Crippen LogP contribution in [0.2, 0.25) is 0 Å². The van der Waals surface area contributed by atoms with E-state index in [-0.39, 0.29) is 48.3 Å². The molecule has 3 aliphatic carbocycles. The minimum Gasteiger partial charge on any atom is -0.368 e. The Morgan fingerprint density at radius 2 is 1.45 bits per heavy atom. The highest BCUT2D eigenvalue weighted by Crippen LogP contribution is 2.30. The van der Waals surface area contributed by atoms with Gasteiger partial charge in [0.1, 0.15) is 17.8 Å². The van der Waals surface area contributed by atoms with E-state index in [2.05, 4.69) is 73.5 Å². The number of amides is 6. The minimum atomic E-state index is -0.545. The van der Waals surface area contributed by atoms with E-state index in [1.807, 2.05) is 36.4 Å². The van der Waals surface area contributed by atoms with E-state index >= 15 is 0 Å². The third-order valence-corrected chi connectivity index (χ3v) is 14.1. The first-order chi connectivity index (χ1) is 34.3. The fraction of sp³-hybridized carbons (Fsp3) is 0.593. The first-order valence-corrected chi connectivity index (χ1v) is 25.9. The van der Waals surface area contributed by atoms with Crippen LogP contribution in [0.15, 0.2) is 76.8 Å². The van der Waals surface area contributed by atoms with Gasteiger partial charge in [-0.2, -0.15) is 5.10 Å². The van der Waals surface area contributed by atoms with Crippen molar-refractivity contribution in [2.75, 3.05) is 33.7 Å². The number of carbonyl (C=O) groups is 6. The van der Waals surface area contributed by atoms with Crippen molar-refractivity contribution in [1.82, 2.24) is 31.1 Å². The molecule has 6 aliphatic rings. The highest BCUT2D eigenvalue weighted by Gasteiger charge is 2.40. The number of nitrogens with one attached hydrogen (secondary N) is 4. The van der Waals surface area contributed by atoms with Gasteiger partial charge in [0.25, 0.3) is 0 Å². The van der Waals surface area contributed by atoms with Gasteiger partial charge in [-0.3, -0.25) is 33.8 Å². The zero-order valence-electron chi connectivity index (χ0n) is 42.7. The predicted molar refractivity (Wildman–Crippen MR) is 281 cm³/mol. The van der Waals surface area contributed by atoms with Crippen molar-refractivity contribution < 1.29 is 28.8 Å². The van der Waals surface area contributed by atoms with Crippen LogP contribution in [-0.4, -0.2) is 122 Å². The highest BCUT2D eigenvalue weighted by atomic mass is 16.2. The van der Waals surface area contributed by atoms with Crippen molar-refractivity contribution in [3.63, 3.8) is 0 Å². The summed E-state index contributed by atoms with van der Waals surface area (Å²) in [6, 6.07) is 17.4. The Kier molecular flexibility index (Phi) is 25.5. The molecular formula is C54H83N11O6. The molecule has 3 aliphatic heterocycles. The second-order valence-electron chi connectivity index (χ2n) is 19.4. The first kappa shape index (κ1) is 57.6. The molecule has 0 aromatic heterocycles. The van der Waals surface area contributed by atoms with Gasteiger partial charge < -0.3 is 48.4 Å². The number of nitrogens with zero attached hydrogens (tertiary/aromatic N) is 4. The van der Waals surface area contributed by atoms with Crippen LogP contribution in [0, 0.1) is 11.8 Å². The summed E-state index contributed by atoms with van der Waals surface area (Å²) in [5.41, 5.74) is 14.8. The van der Waals surface area contributed by atoms with Gasteiger partial charge in [0.15, 0.2) is 0 Å². The van der Waals surface area contributed by atoms with Gasteiger partial charge in [-0.15, -0.1) is 0 Å². The van der Waals surface area contributed by atoms with Crippen molar-refractivity contribution in [1.29, 1.82) is 0 Å². The molecule has 390 valence electrons. The normalized spacial score (nSPS) is 22.0. The summed E-state index contributed by atoms with van der Waals surface area (Å²) >= 11 is 0. The molecule has 6 amide bonds. The SMILES string of the molecule is CC1Cc2ccccc2C1.CNC(C)C(N)=O.CNCC(=O)NC(C(=O)N1CCCC1C(N)=O)C1CCCCC1.N/N=C(\C=NC1C=CC1)C(NC=O)c1ccccc1.O=C1CCCCCC2CCCN12. The molecule has 8 rings (SSSR count). The Labute approximate surface area is 422 Å². The van der Waals surface area contributed by atoms with Crippen LogP contribution in [0.4, 0.5) is 0 Å². The predicted octanol–water partition coefficient (Wildman–Crippen LogP) is 4.38. The molecule has 6 atom stereocenters. The number of likely N-dealkylation sites (N-methyl/N-ethyl adjacent to an activating group) is 2. The fourth-order valence-corrected chi connectivity index (χ4v) is 9.89. The lowest BCUT2D eigenvalue weighted by Crippen LogP contribution is -2.56. The number of hydrogen-bond acceptors (Lipinski definition) is 11. The maximum atomic E-state index is 13.0. The number of carbonyl (C=O) groups excluding carboxylic acids is 6. The standard InChI is InChI=1S/C16H28N4O3.C14H16N4O.C10H17NO.C10H12.C4H10N2O/c1-18-10-13(21)19-14(11-6-3-2-4-7-11)16(23)20-9-5-8-12(20)15(17)22;15-18-13(9-16-12-7-4-8-12)14(17-10-19)11-5-2-1-3-6-11;12-10-7-3-1-2-5-9-6-4-8-11(9)10;1-8-6-9-4-2-3-5-10(9)7-8;1-3(6-2)4(5)7/h11-12,14,18H,2-10H2,1H3,(H2,17,22)(H,19,21);1-7,9-10,12,14H,8,15H2,(H,17,19);9H,1-8H2;2-5,8H,6-7H2,1H3;3,6H,1-2H3,(H2,5,7)/b;16-9?,18-13+;;;. The number of likely N-dealkylation sites (tertiary alicyclic amines) is 1. The molecule has 2 aromatic rings. The molecular weight excluding hydrogens is 899 g/mol. The van der Waals surface area contributed by atoms with Crippen molar-refractivity contribution in [3.8, 4) is 0 Å². The largest absolute Gasteiger partial charge is 0.368 e. The lowest BCUT2D eigenvalue weighted by Gasteiger charge is -2.34. The summed E-state index contributed by atoms with van der Waals surface area (Å²) in [4.78, 5) is 77.0. The van der Waals surface area contributed by atoms with Gasteiger partial charge in [0.05, 0.1) is 24.7 Å². The number of hydrazone groups is 1. The lowest BCUT2D eigenvalue weighted by atomic mass is 9.83. The van der Waals surface area contributed by atoms with E-state index in [0.717, 1.165) is 69.4 Å². The number of aliphatic imine (C=N–C) groups is 1. The maximum absolute atomic E-state index is 13.0. The summed E-state index contributed by atoms with van der Waals surface area (Å²) < 4.78 is 0. The summed E-state index contributed by atoms with van der Waals surface area (Å²) in [6.07, 6.45) is 24.7. The molecule has 17 nitrogen and oxygen atoms in total. The van der Waals surface area contributed by atoms with Gasteiger partial charge in [0, 0.05) is 31.8 Å². The third kappa shape index (κ3) is 19.0. The molecule has 0 spiro atoms. The van der Waals surface area contributed by atoms with Crippen LogP contribution < -0.4 is 38.6 Å². The van der Waals surface area contributed by atoms with E-state index in [1.165, 1.54) is 51.4 Å². The molecule has 0 radical (unpaired) electrons. The zero-order valence-corrected chi connectivity index (χ0v) is 42.7. The quantitative estimate of drug-likeness (QED) is 0.0466. The smallest absolute Gasteiger partial charge is 0.246 e. The van der Waals surface area contributed by atoms with Crippen molar-refractivity contribution in [2.45, 2.75) is 159 Å². The number of benzene rings is 2. The van der Waals surface area contributed by atoms with Gasteiger partial charge >= 0.3 is 0 Å². The maximum Gasteiger partial charge on any atom is 0.246 e. The van der Waals surface area contributed by atoms with Crippen LogP contribution in [0.3, 0.4) is 0 Å². The van der Waals surface area contributed by atoms with Crippen molar-refractivity contribution in [2.24, 2.45) is 39.2 Å². The molecule has 0 bridgehead atoms. The number of primary amides is 2. The molecule has 1 saturated carbocycles. The Morgan fingerprint density at radius 1 is 0.831 bits per heavy atom. The first-order valence-electron chi connectivity index (χ1n) is 25.9. The molecule has 3 heterocycles.